The highest BCUT2D eigenvalue weighted by Crippen LogP contribution is 2.39. The van der Waals surface area contributed by atoms with Gasteiger partial charge in [-0.05, 0) is 11.3 Å². The average molecular weight is 321 g/mol. The third-order valence-corrected chi connectivity index (χ3v) is 5.01. The molecule has 0 rings (SSSR count). The van der Waals surface area contributed by atoms with E-state index >= 15 is 0 Å². The third-order valence-electron chi connectivity index (χ3n) is 5.01. The van der Waals surface area contributed by atoms with Crippen molar-refractivity contribution in [2.45, 2.75) is 131 Å². The highest BCUT2D eigenvalue weighted by atomic mass is 14.2. The minimum absolute atomic E-state index is 0.396. The summed E-state index contributed by atoms with van der Waals surface area (Å²) in [5.74, 6) is 0.940. The fourth-order valence-corrected chi connectivity index (χ4v) is 3.48. The van der Waals surface area contributed by atoms with Crippen LogP contribution in [0.15, 0.2) is 0 Å². The van der Waals surface area contributed by atoms with E-state index in [1.807, 2.05) is 0 Å². The van der Waals surface area contributed by atoms with Gasteiger partial charge >= 0.3 is 0 Å². The summed E-state index contributed by atoms with van der Waals surface area (Å²) in [5, 5.41) is 0.396. The Kier molecular flexibility index (Phi) is 12.5. The number of hydrogen-bond donors (Lipinski definition) is 0. The second-order valence-corrected chi connectivity index (χ2v) is 9.73. The van der Waals surface area contributed by atoms with Crippen molar-refractivity contribution in [2.24, 2.45) is 11.3 Å². The molecular formula is C22H46B. The van der Waals surface area contributed by atoms with Crippen LogP contribution in [0.4, 0.5) is 0 Å². The Labute approximate surface area is 149 Å². The molecule has 0 fully saturated rings. The van der Waals surface area contributed by atoms with Gasteiger partial charge in [0.2, 0.25) is 0 Å². The summed E-state index contributed by atoms with van der Waals surface area (Å²) >= 11 is 0. The molecule has 0 aliphatic rings. The molecule has 0 bridgehead atoms. The standard InChI is InChI=1S/C22H46B/c1-8-10-12-14-16-20(17-15-13-11-9-2)18-22(6,7)23-19-21(3,4)5/h20H,8-19H2,1-7H3. The van der Waals surface area contributed by atoms with Crippen LogP contribution in [0, 0.1) is 11.3 Å². The lowest BCUT2D eigenvalue weighted by molar-refractivity contribution is 0.343. The molecule has 0 aromatic heterocycles. The van der Waals surface area contributed by atoms with Gasteiger partial charge in [-0.25, -0.2) is 0 Å². The molecule has 0 N–H and O–H groups in total. The zero-order valence-electron chi connectivity index (χ0n) is 17.6. The quantitative estimate of drug-likeness (QED) is 0.223. The van der Waals surface area contributed by atoms with E-state index in [1.54, 1.807) is 0 Å². The van der Waals surface area contributed by atoms with Crippen LogP contribution in [0.1, 0.15) is 119 Å². The topological polar surface area (TPSA) is 0 Å². The number of unbranched alkanes of at least 4 members (excludes halogenated alkanes) is 6. The highest BCUT2D eigenvalue weighted by Gasteiger charge is 2.26. The Balaban J connectivity index is 4.33. The first kappa shape index (κ1) is 23.1. The Bertz CT molecular complexity index is 250. The molecular weight excluding hydrogens is 275 g/mol. The van der Waals surface area contributed by atoms with Crippen molar-refractivity contribution < 1.29 is 0 Å². The van der Waals surface area contributed by atoms with E-state index in [0.717, 1.165) is 5.92 Å². The second kappa shape index (κ2) is 12.4. The first-order valence-corrected chi connectivity index (χ1v) is 10.5. The van der Waals surface area contributed by atoms with Crippen molar-refractivity contribution in [3.8, 4) is 0 Å². The van der Waals surface area contributed by atoms with Gasteiger partial charge in [-0.3, -0.25) is 0 Å². The zero-order valence-corrected chi connectivity index (χ0v) is 17.6. The van der Waals surface area contributed by atoms with Gasteiger partial charge in [-0.15, -0.1) is 0 Å². The first-order chi connectivity index (χ1) is 10.7. The molecule has 1 radical (unpaired) electrons. The summed E-state index contributed by atoms with van der Waals surface area (Å²) in [6.07, 6.45) is 16.9. The third kappa shape index (κ3) is 15.3. The molecule has 0 nitrogen and oxygen atoms in total. The molecule has 0 unspecified atom stereocenters. The maximum absolute atomic E-state index is 2.61. The van der Waals surface area contributed by atoms with E-state index in [-0.39, 0.29) is 0 Å². The fraction of sp³-hybridized carbons (Fsp3) is 1.00. The van der Waals surface area contributed by atoms with E-state index in [4.69, 9.17) is 0 Å². The van der Waals surface area contributed by atoms with Crippen LogP contribution in [0.5, 0.6) is 0 Å². The van der Waals surface area contributed by atoms with Crippen molar-refractivity contribution in [2.75, 3.05) is 0 Å². The maximum atomic E-state index is 2.61. The summed E-state index contributed by atoms with van der Waals surface area (Å²) < 4.78 is 0. The summed E-state index contributed by atoms with van der Waals surface area (Å²) in [6.45, 7) is 16.6. The van der Waals surface area contributed by atoms with Crippen LogP contribution in [-0.2, 0) is 0 Å². The van der Waals surface area contributed by atoms with Gasteiger partial charge in [0.05, 0.1) is 0 Å². The predicted molar refractivity (Wildman–Crippen MR) is 110 cm³/mol. The zero-order chi connectivity index (χ0) is 17.8. The van der Waals surface area contributed by atoms with E-state index in [9.17, 15) is 0 Å². The van der Waals surface area contributed by atoms with Crippen LogP contribution in [0.3, 0.4) is 0 Å². The average Bonchev–Trinajstić information content (AvgIpc) is 2.45. The normalized spacial score (nSPS) is 12.9. The summed E-state index contributed by atoms with van der Waals surface area (Å²) in [7, 11) is 2.61. The maximum Gasteiger partial charge on any atom is 0.117 e. The van der Waals surface area contributed by atoms with Crippen LogP contribution in [0.25, 0.3) is 0 Å². The first-order valence-electron chi connectivity index (χ1n) is 10.5. The van der Waals surface area contributed by atoms with Crippen molar-refractivity contribution in [1.29, 1.82) is 0 Å². The van der Waals surface area contributed by atoms with Gasteiger partial charge in [0.1, 0.15) is 7.28 Å². The van der Waals surface area contributed by atoms with Gasteiger partial charge < -0.3 is 0 Å². The van der Waals surface area contributed by atoms with Crippen molar-refractivity contribution in [3.05, 3.63) is 0 Å². The SMILES string of the molecule is CCCCCCC(CCCCCC)CC(C)(C)[B]CC(C)(C)C. The van der Waals surface area contributed by atoms with Gasteiger partial charge in [-0.1, -0.05) is 131 Å². The van der Waals surface area contributed by atoms with E-state index in [0.29, 0.717) is 10.7 Å². The molecule has 0 aromatic carbocycles. The predicted octanol–water partition coefficient (Wildman–Crippen LogP) is 8.30. The molecule has 0 atom stereocenters. The van der Waals surface area contributed by atoms with Crippen molar-refractivity contribution in [3.63, 3.8) is 0 Å². The van der Waals surface area contributed by atoms with Crippen LogP contribution < -0.4 is 0 Å². The lowest BCUT2D eigenvalue weighted by Gasteiger charge is -2.32. The molecule has 137 valence electrons. The van der Waals surface area contributed by atoms with E-state index in [1.165, 1.54) is 76.9 Å². The molecule has 1 heteroatoms. The van der Waals surface area contributed by atoms with Crippen LogP contribution in [-0.4, -0.2) is 7.28 Å². The second-order valence-electron chi connectivity index (χ2n) is 9.73. The number of hydrogen-bond acceptors (Lipinski definition) is 0. The van der Waals surface area contributed by atoms with Gasteiger partial charge in [-0.2, -0.15) is 0 Å². The lowest BCUT2D eigenvalue weighted by atomic mass is 9.46. The van der Waals surface area contributed by atoms with Gasteiger partial charge in [0, 0.05) is 0 Å². The van der Waals surface area contributed by atoms with Gasteiger partial charge in [0.15, 0.2) is 0 Å². The largest absolute Gasteiger partial charge is 0.117 e. The Morgan fingerprint density at radius 2 is 1.17 bits per heavy atom. The monoisotopic (exact) mass is 321 g/mol. The van der Waals surface area contributed by atoms with E-state index < -0.39 is 0 Å². The van der Waals surface area contributed by atoms with Gasteiger partial charge in [0.25, 0.3) is 0 Å². The van der Waals surface area contributed by atoms with Crippen molar-refractivity contribution in [1.82, 2.24) is 0 Å². The molecule has 0 spiro atoms. The summed E-state index contributed by atoms with van der Waals surface area (Å²) in [4.78, 5) is 0. The summed E-state index contributed by atoms with van der Waals surface area (Å²) in [6, 6.07) is 0. The Morgan fingerprint density at radius 1 is 0.696 bits per heavy atom. The smallest absolute Gasteiger partial charge is 0.0749 e. The minimum atomic E-state index is 0.396. The summed E-state index contributed by atoms with van der Waals surface area (Å²) in [5.41, 5.74) is 0.426. The van der Waals surface area contributed by atoms with Crippen molar-refractivity contribution >= 4 is 7.28 Å². The highest BCUT2D eigenvalue weighted by molar-refractivity contribution is 6.39. The molecule has 0 aliphatic carbocycles. The fourth-order valence-electron chi connectivity index (χ4n) is 3.48. The van der Waals surface area contributed by atoms with Crippen LogP contribution >= 0.6 is 0 Å². The molecule has 0 saturated carbocycles. The Morgan fingerprint density at radius 3 is 1.57 bits per heavy atom. The minimum Gasteiger partial charge on any atom is -0.0749 e. The molecule has 0 saturated heterocycles. The molecule has 0 amide bonds. The Hall–Kier alpha value is 0.0649. The van der Waals surface area contributed by atoms with E-state index in [2.05, 4.69) is 55.7 Å². The molecule has 23 heavy (non-hydrogen) atoms. The van der Waals surface area contributed by atoms with Crippen LogP contribution in [0.2, 0.25) is 11.6 Å². The molecule has 0 aromatic rings. The molecule has 0 aliphatic heterocycles. The molecule has 0 heterocycles. The lowest BCUT2D eigenvalue weighted by Crippen LogP contribution is -2.22. The number of rotatable bonds is 14.